The molecule has 0 atom stereocenters. The number of hydrogen-bond donors (Lipinski definition) is 0. The van der Waals surface area contributed by atoms with Crippen LogP contribution in [0.15, 0.2) is 65.3 Å². The minimum atomic E-state index is -5.12. The maximum atomic E-state index is 14.6. The van der Waals surface area contributed by atoms with Crippen molar-refractivity contribution < 1.29 is 35.1 Å². The Morgan fingerprint density at radius 3 is 1.43 bits per heavy atom. The summed E-state index contributed by atoms with van der Waals surface area (Å²) in [5.41, 5.74) is -5.32. The van der Waals surface area contributed by atoms with Crippen LogP contribution in [0.4, 0.5) is 35.1 Å². The Morgan fingerprint density at radius 1 is 0.500 bits per heavy atom. The average Bonchev–Trinajstić information content (AvgIpc) is 2.58. The van der Waals surface area contributed by atoms with Crippen LogP contribution in [0.5, 0.6) is 0 Å². The van der Waals surface area contributed by atoms with Gasteiger partial charge in [0, 0.05) is 22.3 Å². The Labute approximate surface area is 155 Å². The molecule has 0 spiro atoms. The third-order valence-electron chi connectivity index (χ3n) is 4.87. The largest absolute Gasteiger partial charge is 0.340 e. The molecular weight excluding hydrogens is 392 g/mol. The second-order valence-electron chi connectivity index (χ2n) is 6.75. The molecule has 0 N–H and O–H groups in total. The first kappa shape index (κ1) is 20.4. The van der Waals surface area contributed by atoms with Crippen LogP contribution in [0.1, 0.15) is 18.1 Å². The Hall–Kier alpha value is -2.38. The molecule has 0 saturated heterocycles. The first-order valence-electron chi connectivity index (χ1n) is 8.15. The lowest BCUT2D eigenvalue weighted by Gasteiger charge is -2.38. The summed E-state index contributed by atoms with van der Waals surface area (Å²) in [6, 6.07) is 5.24. The molecule has 8 heteroatoms. The molecule has 0 fully saturated rings. The van der Waals surface area contributed by atoms with Crippen molar-refractivity contribution in [3.05, 3.63) is 76.4 Å². The lowest BCUT2D eigenvalue weighted by atomic mass is 9.78. The van der Waals surface area contributed by atoms with Gasteiger partial charge in [-0.2, -0.15) is 35.1 Å². The zero-order chi connectivity index (χ0) is 21.1. The van der Waals surface area contributed by atoms with Crippen LogP contribution in [0.3, 0.4) is 0 Å². The fraction of sp³-hybridized carbons (Fsp3) is 0.300. The second kappa shape index (κ2) is 6.06. The summed E-state index contributed by atoms with van der Waals surface area (Å²) in [7, 11) is 0. The zero-order valence-corrected chi connectivity index (χ0v) is 14.6. The fourth-order valence-electron chi connectivity index (χ4n) is 3.08. The standard InChI is InChI=1S/C20H14F8/c1-11-3-6-13(7-4-11)14-9-10-16(20(27,28)18(14,23)24)15-8-5-12(2)17(21,22)19(15,25)26/h3-10H,1-2H3. The van der Waals surface area contributed by atoms with Crippen molar-refractivity contribution in [1.29, 1.82) is 0 Å². The van der Waals surface area contributed by atoms with E-state index in [9.17, 15) is 35.1 Å². The van der Waals surface area contributed by atoms with Gasteiger partial charge in [0.15, 0.2) is 0 Å². The molecule has 0 radical (unpaired) electrons. The molecule has 0 heterocycles. The second-order valence-corrected chi connectivity index (χ2v) is 6.75. The molecule has 3 rings (SSSR count). The zero-order valence-electron chi connectivity index (χ0n) is 14.6. The van der Waals surface area contributed by atoms with E-state index in [-0.39, 0.29) is 5.56 Å². The molecule has 0 saturated carbocycles. The first-order valence-corrected chi connectivity index (χ1v) is 8.15. The molecule has 150 valence electrons. The van der Waals surface area contributed by atoms with Gasteiger partial charge in [-0.25, -0.2) is 0 Å². The topological polar surface area (TPSA) is 0 Å². The van der Waals surface area contributed by atoms with E-state index in [0.29, 0.717) is 36.8 Å². The van der Waals surface area contributed by atoms with Crippen LogP contribution in [0.25, 0.3) is 5.57 Å². The minimum absolute atomic E-state index is 0.226. The van der Waals surface area contributed by atoms with Gasteiger partial charge in [0.25, 0.3) is 0 Å². The number of allylic oxidation sites excluding steroid dienone is 8. The van der Waals surface area contributed by atoms with Gasteiger partial charge in [-0.05, 0) is 19.4 Å². The molecule has 0 nitrogen and oxygen atoms in total. The van der Waals surface area contributed by atoms with Crippen molar-refractivity contribution in [3.8, 4) is 0 Å². The Morgan fingerprint density at radius 2 is 0.893 bits per heavy atom. The van der Waals surface area contributed by atoms with Crippen LogP contribution in [0, 0.1) is 6.92 Å². The summed E-state index contributed by atoms with van der Waals surface area (Å²) in [6.07, 6.45) is 1.79. The monoisotopic (exact) mass is 406 g/mol. The molecule has 1 aromatic rings. The van der Waals surface area contributed by atoms with Gasteiger partial charge in [0.1, 0.15) is 0 Å². The van der Waals surface area contributed by atoms with E-state index in [4.69, 9.17) is 0 Å². The smallest absolute Gasteiger partial charge is 0.194 e. The highest BCUT2D eigenvalue weighted by atomic mass is 19.3. The summed E-state index contributed by atoms with van der Waals surface area (Å²) in [6.45, 7) is 2.37. The number of aryl methyl sites for hydroxylation is 1. The third-order valence-corrected chi connectivity index (χ3v) is 4.87. The van der Waals surface area contributed by atoms with E-state index in [1.54, 1.807) is 6.92 Å². The van der Waals surface area contributed by atoms with Crippen LogP contribution in [-0.2, 0) is 0 Å². The molecule has 28 heavy (non-hydrogen) atoms. The van der Waals surface area contributed by atoms with E-state index < -0.39 is 46.0 Å². The predicted octanol–water partition coefficient (Wildman–Crippen LogP) is 6.75. The Kier molecular flexibility index (Phi) is 4.40. The van der Waals surface area contributed by atoms with E-state index >= 15 is 0 Å². The molecule has 0 aromatic heterocycles. The van der Waals surface area contributed by atoms with Crippen LogP contribution in [-0.4, -0.2) is 23.7 Å². The SMILES string of the molecule is CC1=CC=C(C2=CC=C(c3ccc(C)cc3)C(F)(F)C2(F)F)C(F)(F)C1(F)F. The lowest BCUT2D eigenvalue weighted by Crippen LogP contribution is -2.51. The van der Waals surface area contributed by atoms with Gasteiger partial charge < -0.3 is 0 Å². The fourth-order valence-corrected chi connectivity index (χ4v) is 3.08. The van der Waals surface area contributed by atoms with Crippen molar-refractivity contribution in [2.75, 3.05) is 0 Å². The normalized spacial score (nSPS) is 24.6. The third kappa shape index (κ3) is 2.64. The molecular formula is C20H14F8. The Balaban J connectivity index is 2.19. The van der Waals surface area contributed by atoms with Gasteiger partial charge in [-0.1, -0.05) is 54.1 Å². The highest BCUT2D eigenvalue weighted by Gasteiger charge is 2.68. The molecule has 0 bridgehead atoms. The highest BCUT2D eigenvalue weighted by Crippen LogP contribution is 2.57. The number of hydrogen-bond acceptors (Lipinski definition) is 0. The molecule has 0 amide bonds. The van der Waals surface area contributed by atoms with Crippen molar-refractivity contribution in [3.63, 3.8) is 0 Å². The highest BCUT2D eigenvalue weighted by molar-refractivity contribution is 5.77. The molecule has 1 aromatic carbocycles. The van der Waals surface area contributed by atoms with E-state index in [1.807, 2.05) is 0 Å². The summed E-state index contributed by atoms with van der Waals surface area (Å²) < 4.78 is 115. The van der Waals surface area contributed by atoms with Crippen molar-refractivity contribution >= 4 is 5.57 Å². The number of alkyl halides is 8. The van der Waals surface area contributed by atoms with E-state index in [2.05, 4.69) is 0 Å². The summed E-state index contributed by atoms with van der Waals surface area (Å²) >= 11 is 0. The number of rotatable bonds is 2. The summed E-state index contributed by atoms with van der Waals surface area (Å²) in [5.74, 6) is -19.8. The van der Waals surface area contributed by atoms with Crippen LogP contribution >= 0.6 is 0 Å². The van der Waals surface area contributed by atoms with E-state index in [0.717, 1.165) is 0 Å². The number of halogens is 8. The van der Waals surface area contributed by atoms with Crippen molar-refractivity contribution in [2.45, 2.75) is 37.5 Å². The average molecular weight is 406 g/mol. The van der Waals surface area contributed by atoms with Crippen molar-refractivity contribution in [2.24, 2.45) is 0 Å². The first-order chi connectivity index (χ1) is 12.7. The van der Waals surface area contributed by atoms with Crippen molar-refractivity contribution in [1.82, 2.24) is 0 Å². The minimum Gasteiger partial charge on any atom is -0.194 e. The van der Waals surface area contributed by atoms with Gasteiger partial charge in [-0.3, -0.25) is 0 Å². The Bertz CT molecular complexity index is 927. The van der Waals surface area contributed by atoms with Crippen LogP contribution < -0.4 is 0 Å². The summed E-state index contributed by atoms with van der Waals surface area (Å²) in [4.78, 5) is 0. The number of benzene rings is 1. The quantitative estimate of drug-likeness (QED) is 0.477. The van der Waals surface area contributed by atoms with Crippen LogP contribution in [0.2, 0.25) is 0 Å². The maximum absolute atomic E-state index is 14.6. The van der Waals surface area contributed by atoms with Gasteiger partial charge in [0.2, 0.25) is 0 Å². The lowest BCUT2D eigenvalue weighted by molar-refractivity contribution is -0.174. The maximum Gasteiger partial charge on any atom is 0.340 e. The van der Waals surface area contributed by atoms with Gasteiger partial charge >= 0.3 is 23.7 Å². The van der Waals surface area contributed by atoms with E-state index in [1.165, 1.54) is 24.3 Å². The molecule has 0 unspecified atom stereocenters. The summed E-state index contributed by atoms with van der Waals surface area (Å²) in [5, 5.41) is 0. The molecule has 2 aliphatic carbocycles. The van der Waals surface area contributed by atoms with Gasteiger partial charge in [0.05, 0.1) is 0 Å². The predicted molar refractivity (Wildman–Crippen MR) is 88.9 cm³/mol. The molecule has 0 aliphatic heterocycles. The van der Waals surface area contributed by atoms with Gasteiger partial charge in [-0.15, -0.1) is 0 Å². The molecule has 2 aliphatic rings.